The number of benzene rings is 2. The van der Waals surface area contributed by atoms with Crippen LogP contribution < -0.4 is 4.90 Å². The molecule has 0 saturated heterocycles. The summed E-state index contributed by atoms with van der Waals surface area (Å²) in [7, 11) is -0.392. The number of nitro benzene ring substituents is 1. The van der Waals surface area contributed by atoms with Crippen LogP contribution >= 0.6 is 0 Å². The van der Waals surface area contributed by atoms with Crippen molar-refractivity contribution in [1.29, 1.82) is 5.26 Å². The smallest absolute Gasteiger partial charge is 0.275 e. The Morgan fingerprint density at radius 2 is 1.80 bits per heavy atom. The van der Waals surface area contributed by atoms with Crippen LogP contribution in [0.25, 0.3) is 0 Å². The first-order valence-electron chi connectivity index (χ1n) is 7.34. The third kappa shape index (κ3) is 3.95. The molecule has 0 amide bonds. The van der Waals surface area contributed by atoms with Crippen molar-refractivity contribution in [2.24, 2.45) is 0 Å². The molecule has 7 nitrogen and oxygen atoms in total. The standard InChI is InChI=1S/C17H17N3O4S/c1-12-4-6-15(7-5-12)25(23,24)11-14-9-16(19(2)3)13(10-18)8-17(14)20(21)22/h4-9H,11H2,1-3H3. The molecule has 0 aliphatic heterocycles. The molecule has 2 aromatic carbocycles. The van der Waals surface area contributed by atoms with Crippen molar-refractivity contribution in [3.63, 3.8) is 0 Å². The van der Waals surface area contributed by atoms with E-state index in [1.807, 2.05) is 13.0 Å². The third-order valence-electron chi connectivity index (χ3n) is 3.72. The van der Waals surface area contributed by atoms with Crippen LogP contribution in [0.5, 0.6) is 0 Å². The summed E-state index contributed by atoms with van der Waals surface area (Å²) in [5.74, 6) is -0.515. The molecule has 2 aromatic rings. The molecule has 0 fully saturated rings. The lowest BCUT2D eigenvalue weighted by molar-refractivity contribution is -0.385. The first-order chi connectivity index (χ1) is 11.7. The van der Waals surface area contributed by atoms with E-state index < -0.39 is 20.5 Å². The first-order valence-corrected chi connectivity index (χ1v) is 8.99. The number of nitriles is 1. The van der Waals surface area contributed by atoms with Crippen LogP contribution in [0.2, 0.25) is 0 Å². The Kier molecular flexibility index (Phi) is 5.09. The summed E-state index contributed by atoms with van der Waals surface area (Å²) >= 11 is 0. The van der Waals surface area contributed by atoms with E-state index in [0.717, 1.165) is 11.6 Å². The zero-order valence-electron chi connectivity index (χ0n) is 14.1. The van der Waals surface area contributed by atoms with Crippen molar-refractivity contribution in [3.8, 4) is 6.07 Å². The van der Waals surface area contributed by atoms with Crippen LogP contribution in [0.1, 0.15) is 16.7 Å². The van der Waals surface area contributed by atoms with E-state index in [1.54, 1.807) is 31.1 Å². The minimum atomic E-state index is -3.75. The number of hydrogen-bond donors (Lipinski definition) is 0. The minimum absolute atomic E-state index is 0.0493. The summed E-state index contributed by atoms with van der Waals surface area (Å²) in [5.41, 5.74) is 1.14. The van der Waals surface area contributed by atoms with Crippen molar-refractivity contribution < 1.29 is 13.3 Å². The third-order valence-corrected chi connectivity index (χ3v) is 5.40. The van der Waals surface area contributed by atoms with Crippen molar-refractivity contribution in [2.45, 2.75) is 17.6 Å². The molecule has 0 bridgehead atoms. The van der Waals surface area contributed by atoms with E-state index in [-0.39, 0.29) is 21.7 Å². The summed E-state index contributed by atoms with van der Waals surface area (Å²) in [6, 6.07) is 10.7. The zero-order chi connectivity index (χ0) is 18.8. The van der Waals surface area contributed by atoms with Gasteiger partial charge in [-0.25, -0.2) is 8.42 Å². The molecule has 0 radical (unpaired) electrons. The van der Waals surface area contributed by atoms with Gasteiger partial charge in [-0.2, -0.15) is 5.26 Å². The van der Waals surface area contributed by atoms with E-state index in [2.05, 4.69) is 0 Å². The summed E-state index contributed by atoms with van der Waals surface area (Å²) < 4.78 is 25.2. The second-order valence-corrected chi connectivity index (χ2v) is 7.82. The van der Waals surface area contributed by atoms with Gasteiger partial charge in [0, 0.05) is 25.7 Å². The molecule has 0 heterocycles. The van der Waals surface area contributed by atoms with Gasteiger partial charge in [0.15, 0.2) is 9.84 Å². The highest BCUT2D eigenvalue weighted by Crippen LogP contribution is 2.31. The maximum Gasteiger partial charge on any atom is 0.275 e. The van der Waals surface area contributed by atoms with E-state index in [4.69, 9.17) is 0 Å². The predicted molar refractivity (Wildman–Crippen MR) is 94.2 cm³/mol. The Morgan fingerprint density at radius 1 is 1.20 bits per heavy atom. The highest BCUT2D eigenvalue weighted by molar-refractivity contribution is 7.90. The van der Waals surface area contributed by atoms with Crippen molar-refractivity contribution in [1.82, 2.24) is 0 Å². The van der Waals surface area contributed by atoms with Gasteiger partial charge in [0.05, 0.1) is 26.8 Å². The molecule has 0 atom stereocenters. The van der Waals surface area contributed by atoms with Crippen molar-refractivity contribution >= 4 is 21.2 Å². The van der Waals surface area contributed by atoms with Gasteiger partial charge in [0.2, 0.25) is 0 Å². The summed E-state index contributed by atoms with van der Waals surface area (Å²) in [4.78, 5) is 12.4. The average molecular weight is 359 g/mol. The van der Waals surface area contributed by atoms with Gasteiger partial charge in [0.25, 0.3) is 5.69 Å². The van der Waals surface area contributed by atoms with E-state index >= 15 is 0 Å². The molecule has 2 rings (SSSR count). The SMILES string of the molecule is Cc1ccc(S(=O)(=O)Cc2cc(N(C)C)c(C#N)cc2[N+](=O)[O-])cc1. The molecular formula is C17H17N3O4S. The molecule has 0 saturated carbocycles. The van der Waals surface area contributed by atoms with Gasteiger partial charge >= 0.3 is 0 Å². The Labute approximate surface area is 146 Å². The fourth-order valence-corrected chi connectivity index (χ4v) is 3.76. The van der Waals surface area contributed by atoms with Gasteiger partial charge in [-0.3, -0.25) is 10.1 Å². The van der Waals surface area contributed by atoms with Crippen LogP contribution in [0.3, 0.4) is 0 Å². The Bertz CT molecular complexity index is 959. The molecule has 130 valence electrons. The largest absolute Gasteiger partial charge is 0.377 e. The lowest BCUT2D eigenvalue weighted by atomic mass is 10.1. The molecular weight excluding hydrogens is 342 g/mol. The van der Waals surface area contributed by atoms with Gasteiger partial charge in [-0.15, -0.1) is 0 Å². The van der Waals surface area contributed by atoms with Crippen LogP contribution in [-0.2, 0) is 15.6 Å². The number of rotatable bonds is 5. The van der Waals surface area contributed by atoms with Crippen molar-refractivity contribution in [3.05, 3.63) is 63.2 Å². The maximum atomic E-state index is 12.6. The highest BCUT2D eigenvalue weighted by Gasteiger charge is 2.25. The Hall–Kier alpha value is -2.92. The lowest BCUT2D eigenvalue weighted by Gasteiger charge is -2.16. The van der Waals surface area contributed by atoms with Crippen LogP contribution in [0.15, 0.2) is 41.3 Å². The van der Waals surface area contributed by atoms with E-state index in [9.17, 15) is 23.8 Å². The highest BCUT2D eigenvalue weighted by atomic mass is 32.2. The number of sulfone groups is 1. The molecule has 0 aliphatic rings. The van der Waals surface area contributed by atoms with E-state index in [0.29, 0.717) is 5.69 Å². The minimum Gasteiger partial charge on any atom is -0.377 e. The molecule has 25 heavy (non-hydrogen) atoms. The molecule has 0 aromatic heterocycles. The number of nitro groups is 1. The van der Waals surface area contributed by atoms with Crippen LogP contribution in [-0.4, -0.2) is 27.4 Å². The number of nitrogens with zero attached hydrogens (tertiary/aromatic N) is 3. The summed E-state index contributed by atoms with van der Waals surface area (Å²) in [6.07, 6.45) is 0. The van der Waals surface area contributed by atoms with E-state index in [1.165, 1.54) is 18.2 Å². The number of aryl methyl sites for hydroxylation is 1. The number of hydrogen-bond acceptors (Lipinski definition) is 6. The zero-order valence-corrected chi connectivity index (χ0v) is 14.9. The topological polar surface area (TPSA) is 104 Å². The Balaban J connectivity index is 2.57. The normalized spacial score (nSPS) is 11.0. The van der Waals surface area contributed by atoms with Gasteiger partial charge < -0.3 is 4.90 Å². The summed E-state index contributed by atoms with van der Waals surface area (Å²) in [6.45, 7) is 1.84. The fourth-order valence-electron chi connectivity index (χ4n) is 2.40. The van der Waals surface area contributed by atoms with Gasteiger partial charge in [-0.05, 0) is 25.1 Å². The summed E-state index contributed by atoms with van der Waals surface area (Å²) in [5, 5.41) is 20.5. The quantitative estimate of drug-likeness (QED) is 0.600. The first kappa shape index (κ1) is 18.4. The van der Waals surface area contributed by atoms with Gasteiger partial charge in [0.1, 0.15) is 6.07 Å². The molecule has 8 heteroatoms. The van der Waals surface area contributed by atoms with Crippen molar-refractivity contribution in [2.75, 3.05) is 19.0 Å². The van der Waals surface area contributed by atoms with Gasteiger partial charge in [-0.1, -0.05) is 17.7 Å². The predicted octanol–water partition coefficient (Wildman–Crippen LogP) is 2.81. The average Bonchev–Trinajstić information content (AvgIpc) is 2.54. The second kappa shape index (κ2) is 6.91. The lowest BCUT2D eigenvalue weighted by Crippen LogP contribution is -2.13. The number of anilines is 1. The maximum absolute atomic E-state index is 12.6. The Morgan fingerprint density at radius 3 is 2.28 bits per heavy atom. The fraction of sp³-hybridized carbons (Fsp3) is 0.235. The molecule has 0 aliphatic carbocycles. The molecule has 0 spiro atoms. The van der Waals surface area contributed by atoms with Crippen LogP contribution in [0.4, 0.5) is 11.4 Å². The van der Waals surface area contributed by atoms with Crippen LogP contribution in [0, 0.1) is 28.4 Å². The molecule has 0 N–H and O–H groups in total. The monoisotopic (exact) mass is 359 g/mol. The molecule has 0 unspecified atom stereocenters. The second-order valence-electron chi connectivity index (χ2n) is 5.83.